The average molecular weight is 592 g/mol. The summed E-state index contributed by atoms with van der Waals surface area (Å²) in [6.45, 7) is 0.567. The third-order valence-corrected chi connectivity index (χ3v) is 8.09. The predicted molar refractivity (Wildman–Crippen MR) is 177 cm³/mol. The quantitative estimate of drug-likeness (QED) is 0.206. The molecule has 0 radical (unpaired) electrons. The molecule has 0 amide bonds. The lowest BCUT2D eigenvalue weighted by atomic mass is 9.91. The number of hydrogen-bond acceptors (Lipinski definition) is 4. The maximum Gasteiger partial charge on any atom is 0.258 e. The molecule has 42 heavy (non-hydrogen) atoms. The molecule has 2 N–H and O–H groups in total. The highest BCUT2D eigenvalue weighted by Gasteiger charge is 2.34. The Morgan fingerprint density at radius 3 is 2.36 bits per heavy atom. The summed E-state index contributed by atoms with van der Waals surface area (Å²) in [7, 11) is 4.04. The second-order valence-electron chi connectivity index (χ2n) is 10.5. The van der Waals surface area contributed by atoms with Gasteiger partial charge in [-0.2, -0.15) is 5.10 Å². The maximum atomic E-state index is 13.8. The summed E-state index contributed by atoms with van der Waals surface area (Å²) < 4.78 is 0. The number of nitrogens with one attached hydrogen (secondary N) is 2. The molecule has 0 aliphatic carbocycles. The lowest BCUT2D eigenvalue weighted by Gasteiger charge is -2.25. The fraction of sp³-hybridized carbons (Fsp3) is 0.147. The molecule has 0 saturated heterocycles. The number of rotatable bonds is 6. The van der Waals surface area contributed by atoms with E-state index in [2.05, 4.69) is 51.6 Å². The van der Waals surface area contributed by atoms with Crippen LogP contribution in [0.2, 0.25) is 5.02 Å². The predicted octanol–water partition coefficient (Wildman–Crippen LogP) is 7.14. The minimum Gasteiger partial charge on any atom is -0.378 e. The van der Waals surface area contributed by atoms with Crippen LogP contribution in [0.25, 0.3) is 22.0 Å². The smallest absolute Gasteiger partial charge is 0.258 e. The van der Waals surface area contributed by atoms with E-state index < -0.39 is 0 Å². The van der Waals surface area contributed by atoms with Crippen LogP contribution in [0.4, 0.5) is 5.69 Å². The van der Waals surface area contributed by atoms with Crippen LogP contribution >= 0.6 is 23.8 Å². The minimum absolute atomic E-state index is 0.190. The summed E-state index contributed by atoms with van der Waals surface area (Å²) in [5, 5.41) is 12.2. The molecule has 210 valence electrons. The number of hydrazone groups is 1. The first-order valence-corrected chi connectivity index (χ1v) is 14.5. The molecule has 1 aromatic heterocycles. The van der Waals surface area contributed by atoms with Crippen LogP contribution in [0.3, 0.4) is 0 Å². The molecule has 1 aliphatic rings. The van der Waals surface area contributed by atoms with Gasteiger partial charge in [0.05, 0.1) is 17.3 Å². The number of halogens is 1. The highest BCUT2D eigenvalue weighted by atomic mass is 35.5. The van der Waals surface area contributed by atoms with Crippen molar-refractivity contribution in [3.8, 4) is 11.1 Å². The molecular formula is C34H30ClN5OS. The van der Waals surface area contributed by atoms with Gasteiger partial charge in [-0.3, -0.25) is 4.79 Å². The second-order valence-corrected chi connectivity index (χ2v) is 11.3. The Morgan fingerprint density at radius 1 is 0.976 bits per heavy atom. The van der Waals surface area contributed by atoms with Gasteiger partial charge in [0.25, 0.3) is 5.56 Å². The Kier molecular flexibility index (Phi) is 7.78. The van der Waals surface area contributed by atoms with Gasteiger partial charge in [-0.15, -0.1) is 0 Å². The highest BCUT2D eigenvalue weighted by Crippen LogP contribution is 2.37. The molecule has 4 aromatic carbocycles. The number of fused-ring (bicyclic) bond motifs is 1. The number of hydrogen-bond donors (Lipinski definition) is 2. The van der Waals surface area contributed by atoms with Crippen LogP contribution < -0.4 is 15.8 Å². The van der Waals surface area contributed by atoms with Crippen molar-refractivity contribution in [1.29, 1.82) is 0 Å². The first-order valence-electron chi connectivity index (χ1n) is 13.8. The van der Waals surface area contributed by atoms with E-state index in [4.69, 9.17) is 28.9 Å². The molecule has 6 rings (SSSR count). The average Bonchev–Trinajstić information content (AvgIpc) is 3.45. The largest absolute Gasteiger partial charge is 0.378 e. The van der Waals surface area contributed by atoms with Gasteiger partial charge in [0.15, 0.2) is 5.11 Å². The van der Waals surface area contributed by atoms with Gasteiger partial charge >= 0.3 is 0 Å². The Labute approximate surface area is 255 Å². The van der Waals surface area contributed by atoms with Gasteiger partial charge in [-0.05, 0) is 59.2 Å². The molecule has 0 bridgehead atoms. The zero-order chi connectivity index (χ0) is 29.2. The Morgan fingerprint density at radius 2 is 1.67 bits per heavy atom. The third-order valence-electron chi connectivity index (χ3n) is 7.53. The molecule has 1 atom stereocenters. The van der Waals surface area contributed by atoms with Crippen LogP contribution in [0.15, 0.2) is 113 Å². The molecule has 0 fully saturated rings. The van der Waals surface area contributed by atoms with Crippen LogP contribution in [0, 0.1) is 0 Å². The number of aromatic nitrogens is 1. The van der Waals surface area contributed by atoms with E-state index in [-0.39, 0.29) is 11.6 Å². The van der Waals surface area contributed by atoms with Crippen molar-refractivity contribution in [2.45, 2.75) is 19.0 Å². The Hall–Kier alpha value is -4.46. The monoisotopic (exact) mass is 591 g/mol. The van der Waals surface area contributed by atoms with Crippen molar-refractivity contribution in [2.75, 3.05) is 19.0 Å². The Bertz CT molecular complexity index is 1840. The fourth-order valence-electron chi connectivity index (χ4n) is 5.40. The van der Waals surface area contributed by atoms with Crippen LogP contribution in [0.5, 0.6) is 0 Å². The molecule has 0 spiro atoms. The van der Waals surface area contributed by atoms with Gasteiger partial charge in [0, 0.05) is 54.2 Å². The number of thiocarbonyl (C=S) groups is 1. The zero-order valence-corrected chi connectivity index (χ0v) is 24.9. The minimum atomic E-state index is -0.200. The summed E-state index contributed by atoms with van der Waals surface area (Å²) in [6.07, 6.45) is 0.503. The molecule has 0 unspecified atom stereocenters. The van der Waals surface area contributed by atoms with Gasteiger partial charge in [0.2, 0.25) is 0 Å². The van der Waals surface area contributed by atoms with Crippen molar-refractivity contribution >= 4 is 51.2 Å². The second kappa shape index (κ2) is 11.8. The molecule has 5 aromatic rings. The maximum absolute atomic E-state index is 13.8. The van der Waals surface area contributed by atoms with E-state index in [9.17, 15) is 4.79 Å². The van der Waals surface area contributed by atoms with Gasteiger partial charge in [-0.25, -0.2) is 5.01 Å². The van der Waals surface area contributed by atoms with Crippen molar-refractivity contribution in [1.82, 2.24) is 15.3 Å². The Balaban J connectivity index is 1.47. The number of benzene rings is 4. The van der Waals surface area contributed by atoms with Crippen molar-refractivity contribution in [3.63, 3.8) is 0 Å². The van der Waals surface area contributed by atoms with Crippen molar-refractivity contribution < 1.29 is 0 Å². The van der Waals surface area contributed by atoms with Crippen LogP contribution in [-0.4, -0.2) is 34.9 Å². The van der Waals surface area contributed by atoms with Crippen LogP contribution in [0.1, 0.15) is 29.2 Å². The topological polar surface area (TPSA) is 63.7 Å². The molecule has 0 saturated carbocycles. The lowest BCUT2D eigenvalue weighted by Crippen LogP contribution is -2.36. The van der Waals surface area contributed by atoms with Crippen molar-refractivity contribution in [3.05, 3.63) is 135 Å². The summed E-state index contributed by atoms with van der Waals surface area (Å²) in [4.78, 5) is 18.9. The number of H-pyrrole nitrogens is 1. The van der Waals surface area contributed by atoms with E-state index in [1.165, 1.54) is 0 Å². The SMILES string of the molecule is CN(C)c1ccc([C@H]2CC(c3c(-c4ccccc4)c4cc(Cl)ccc4[nH]c3=O)=NN2C(=S)NCc2ccccc2)cc1. The van der Waals surface area contributed by atoms with E-state index in [1.807, 2.05) is 79.8 Å². The highest BCUT2D eigenvalue weighted by molar-refractivity contribution is 7.80. The zero-order valence-electron chi connectivity index (χ0n) is 23.3. The standard InChI is InChI=1S/C34H30ClN5OS/c1-39(2)26-16-13-23(14-17-26)30-20-29(38-40(30)34(42)36-21-22-9-5-3-6-10-22)32-31(24-11-7-4-8-12-24)27-19-25(35)15-18-28(27)37-33(32)41/h3-19,30H,20-21H2,1-2H3,(H,36,42)(H,37,41)/t30-/m1/s1. The molecule has 6 nitrogen and oxygen atoms in total. The first kappa shape index (κ1) is 27.7. The van der Waals surface area contributed by atoms with E-state index in [0.717, 1.165) is 38.8 Å². The number of nitrogens with zero attached hydrogens (tertiary/aromatic N) is 3. The van der Waals surface area contributed by atoms with Crippen molar-refractivity contribution in [2.24, 2.45) is 5.10 Å². The summed E-state index contributed by atoms with van der Waals surface area (Å²) in [5.74, 6) is 0. The van der Waals surface area contributed by atoms with Gasteiger partial charge < -0.3 is 15.2 Å². The summed E-state index contributed by atoms with van der Waals surface area (Å²) in [5.41, 5.74) is 6.72. The fourth-order valence-corrected chi connectivity index (χ4v) is 5.82. The van der Waals surface area contributed by atoms with Gasteiger partial charge in [-0.1, -0.05) is 84.4 Å². The molecule has 8 heteroatoms. The number of anilines is 1. The third kappa shape index (κ3) is 5.53. The molecule has 1 aliphatic heterocycles. The molecular weight excluding hydrogens is 562 g/mol. The van der Waals surface area contributed by atoms with E-state index in [1.54, 1.807) is 6.07 Å². The van der Waals surface area contributed by atoms with E-state index >= 15 is 0 Å². The normalized spacial score (nSPS) is 14.6. The number of pyridine rings is 1. The van der Waals surface area contributed by atoms with Crippen LogP contribution in [-0.2, 0) is 6.54 Å². The van der Waals surface area contributed by atoms with Gasteiger partial charge in [0.1, 0.15) is 0 Å². The number of aromatic amines is 1. The summed E-state index contributed by atoms with van der Waals surface area (Å²) in [6, 6.07) is 33.8. The van der Waals surface area contributed by atoms with E-state index in [0.29, 0.717) is 34.4 Å². The molecule has 2 heterocycles. The summed E-state index contributed by atoms with van der Waals surface area (Å²) >= 11 is 12.4. The first-order chi connectivity index (χ1) is 20.4. The lowest BCUT2D eigenvalue weighted by molar-refractivity contribution is 0.364.